The average molecular weight is 214 g/mol. The Morgan fingerprint density at radius 2 is 2.14 bits per heavy atom. The van der Waals surface area contributed by atoms with Crippen LogP contribution in [-0.2, 0) is 0 Å². The summed E-state index contributed by atoms with van der Waals surface area (Å²) in [6.07, 6.45) is 3.31. The monoisotopic (exact) mass is 213 g/mol. The van der Waals surface area contributed by atoms with Crippen molar-refractivity contribution in [3.8, 4) is 11.5 Å². The average Bonchev–Trinajstić information content (AvgIpc) is 2.15. The molecule has 3 nitrogen and oxygen atoms in total. The molecule has 0 aliphatic rings. The highest BCUT2D eigenvalue weighted by Crippen LogP contribution is 2.36. The van der Waals surface area contributed by atoms with Crippen LogP contribution < -0.4 is 5.73 Å². The van der Waals surface area contributed by atoms with Crippen molar-refractivity contribution >= 4 is 17.7 Å². The maximum Gasteiger partial charge on any atom is 0.165 e. The number of hydrogen-bond acceptors (Lipinski definition) is 3. The topological polar surface area (TPSA) is 66.5 Å². The highest BCUT2D eigenvalue weighted by molar-refractivity contribution is 6.31. The van der Waals surface area contributed by atoms with Gasteiger partial charge in [-0.15, -0.1) is 0 Å². The van der Waals surface area contributed by atoms with E-state index in [4.69, 9.17) is 17.3 Å². The molecule has 0 aliphatic carbocycles. The summed E-state index contributed by atoms with van der Waals surface area (Å²) < 4.78 is 0. The number of nitrogens with two attached hydrogens (primary N) is 1. The molecule has 4 N–H and O–H groups in total. The lowest BCUT2D eigenvalue weighted by Gasteiger charge is -2.07. The lowest BCUT2D eigenvalue weighted by Crippen LogP contribution is -1.93. The maximum atomic E-state index is 9.53. The highest BCUT2D eigenvalue weighted by Gasteiger charge is 2.10. The van der Waals surface area contributed by atoms with Gasteiger partial charge >= 0.3 is 0 Å². The predicted octanol–water partition coefficient (Wildman–Crippen LogP) is 2.03. The smallest absolute Gasteiger partial charge is 0.165 e. The molecule has 0 saturated heterocycles. The van der Waals surface area contributed by atoms with Gasteiger partial charge in [-0.3, -0.25) is 0 Å². The number of phenols is 2. The van der Waals surface area contributed by atoms with Gasteiger partial charge in [-0.05, 0) is 12.5 Å². The first-order chi connectivity index (χ1) is 6.57. The highest BCUT2D eigenvalue weighted by atomic mass is 35.5. The summed E-state index contributed by atoms with van der Waals surface area (Å²) in [6, 6.07) is 1.31. The fourth-order valence-electron chi connectivity index (χ4n) is 1.13. The summed E-state index contributed by atoms with van der Waals surface area (Å²) in [5.74, 6) is -0.395. The van der Waals surface area contributed by atoms with E-state index in [1.807, 2.05) is 0 Å². The number of aromatic hydroxyl groups is 2. The molecular weight excluding hydrogens is 202 g/mol. The third kappa shape index (κ3) is 2.00. The van der Waals surface area contributed by atoms with Gasteiger partial charge in [-0.25, -0.2) is 0 Å². The van der Waals surface area contributed by atoms with Crippen molar-refractivity contribution in [3.63, 3.8) is 0 Å². The van der Waals surface area contributed by atoms with Gasteiger partial charge in [-0.2, -0.15) is 0 Å². The Hall–Kier alpha value is -1.19. The molecule has 1 rings (SSSR count). The lowest BCUT2D eigenvalue weighted by molar-refractivity contribution is 0.402. The quantitative estimate of drug-likeness (QED) is 0.659. The number of halogens is 1. The van der Waals surface area contributed by atoms with Crippen LogP contribution in [0.15, 0.2) is 12.1 Å². The lowest BCUT2D eigenvalue weighted by atomic mass is 10.1. The molecule has 4 heteroatoms. The van der Waals surface area contributed by atoms with Gasteiger partial charge in [0.25, 0.3) is 0 Å². The van der Waals surface area contributed by atoms with Gasteiger partial charge < -0.3 is 15.9 Å². The molecule has 0 aromatic heterocycles. The van der Waals surface area contributed by atoms with E-state index in [1.54, 1.807) is 19.1 Å². The number of benzene rings is 1. The summed E-state index contributed by atoms with van der Waals surface area (Å²) in [5, 5.41) is 19.2. The van der Waals surface area contributed by atoms with Crippen LogP contribution in [0, 0.1) is 6.92 Å². The largest absolute Gasteiger partial charge is 0.504 e. The van der Waals surface area contributed by atoms with E-state index in [0.717, 1.165) is 0 Å². The Kier molecular flexibility index (Phi) is 3.38. The van der Waals surface area contributed by atoms with E-state index < -0.39 is 0 Å². The van der Waals surface area contributed by atoms with Gasteiger partial charge in [-0.1, -0.05) is 23.8 Å². The molecule has 0 aliphatic heterocycles. The van der Waals surface area contributed by atoms with Gasteiger partial charge in [0.05, 0.1) is 0 Å². The van der Waals surface area contributed by atoms with E-state index in [2.05, 4.69) is 0 Å². The van der Waals surface area contributed by atoms with Crippen LogP contribution >= 0.6 is 11.6 Å². The Morgan fingerprint density at radius 1 is 1.50 bits per heavy atom. The van der Waals surface area contributed by atoms with Crippen molar-refractivity contribution in [2.75, 3.05) is 6.54 Å². The summed E-state index contributed by atoms with van der Waals surface area (Å²) in [7, 11) is 0. The molecule has 0 heterocycles. The first-order valence-electron chi connectivity index (χ1n) is 4.15. The Morgan fingerprint density at radius 3 is 2.71 bits per heavy atom. The fraction of sp³-hybridized carbons (Fsp3) is 0.200. The molecule has 0 saturated carbocycles. The summed E-state index contributed by atoms with van der Waals surface area (Å²) in [4.78, 5) is 0. The minimum absolute atomic E-state index is 0.170. The van der Waals surface area contributed by atoms with Gasteiger partial charge in [0.1, 0.15) is 0 Å². The van der Waals surface area contributed by atoms with Crippen LogP contribution in [-0.4, -0.2) is 16.8 Å². The Bertz CT molecular complexity index is 349. The van der Waals surface area contributed by atoms with Crippen LogP contribution in [0.4, 0.5) is 0 Å². The molecule has 1 aromatic carbocycles. The second kappa shape index (κ2) is 4.35. The molecule has 14 heavy (non-hydrogen) atoms. The Balaban J connectivity index is 3.32. The van der Waals surface area contributed by atoms with Crippen LogP contribution in [0.3, 0.4) is 0 Å². The van der Waals surface area contributed by atoms with Crippen molar-refractivity contribution in [1.29, 1.82) is 0 Å². The Labute approximate surface area is 87.4 Å². The molecule has 0 spiro atoms. The van der Waals surface area contributed by atoms with Gasteiger partial charge in [0, 0.05) is 23.2 Å². The van der Waals surface area contributed by atoms with Crippen LogP contribution in [0.25, 0.3) is 6.08 Å². The molecule has 0 amide bonds. The first kappa shape index (κ1) is 10.9. The standard InChI is InChI=1S/C10H12ClNO2/c1-6-7(3-2-4-12)10(14)9(13)5-8(6)11/h2-3,5,13-14H,4,12H2,1H3/b3-2+. The fourth-order valence-corrected chi connectivity index (χ4v) is 1.34. The van der Waals surface area contributed by atoms with E-state index >= 15 is 0 Å². The minimum atomic E-state index is -0.225. The van der Waals surface area contributed by atoms with Crippen molar-refractivity contribution < 1.29 is 10.2 Å². The predicted molar refractivity (Wildman–Crippen MR) is 57.6 cm³/mol. The third-order valence-electron chi connectivity index (χ3n) is 1.94. The van der Waals surface area contributed by atoms with E-state index in [-0.39, 0.29) is 11.5 Å². The number of rotatable bonds is 2. The van der Waals surface area contributed by atoms with Crippen molar-refractivity contribution in [1.82, 2.24) is 0 Å². The van der Waals surface area contributed by atoms with Crippen LogP contribution in [0.5, 0.6) is 11.5 Å². The second-order valence-electron chi connectivity index (χ2n) is 2.90. The molecule has 0 fully saturated rings. The molecule has 0 radical (unpaired) electrons. The summed E-state index contributed by atoms with van der Waals surface area (Å²) >= 11 is 5.83. The van der Waals surface area contributed by atoms with Crippen LogP contribution in [0.2, 0.25) is 5.02 Å². The van der Waals surface area contributed by atoms with Crippen molar-refractivity contribution in [2.45, 2.75) is 6.92 Å². The SMILES string of the molecule is Cc1c(Cl)cc(O)c(O)c1/C=C/CN. The van der Waals surface area contributed by atoms with E-state index in [1.165, 1.54) is 6.07 Å². The first-order valence-corrected chi connectivity index (χ1v) is 4.53. The van der Waals surface area contributed by atoms with Crippen LogP contribution in [0.1, 0.15) is 11.1 Å². The zero-order chi connectivity index (χ0) is 10.7. The maximum absolute atomic E-state index is 9.53. The van der Waals surface area contributed by atoms with E-state index in [9.17, 15) is 10.2 Å². The van der Waals surface area contributed by atoms with Gasteiger partial charge in [0.2, 0.25) is 0 Å². The van der Waals surface area contributed by atoms with Crippen molar-refractivity contribution in [2.24, 2.45) is 5.73 Å². The summed E-state index contributed by atoms with van der Waals surface area (Å²) in [5.41, 5.74) is 6.50. The second-order valence-corrected chi connectivity index (χ2v) is 3.31. The molecule has 1 aromatic rings. The number of hydrogen-bond donors (Lipinski definition) is 3. The zero-order valence-corrected chi connectivity index (χ0v) is 8.54. The molecule has 76 valence electrons. The molecular formula is C10H12ClNO2. The minimum Gasteiger partial charge on any atom is -0.504 e. The van der Waals surface area contributed by atoms with Gasteiger partial charge in [0.15, 0.2) is 11.5 Å². The van der Waals surface area contributed by atoms with Crippen molar-refractivity contribution in [3.05, 3.63) is 28.3 Å². The third-order valence-corrected chi connectivity index (χ3v) is 2.34. The molecule has 0 unspecified atom stereocenters. The zero-order valence-electron chi connectivity index (χ0n) is 7.79. The number of phenolic OH excluding ortho intramolecular Hbond substituents is 2. The van der Waals surface area contributed by atoms with E-state index in [0.29, 0.717) is 22.7 Å². The normalized spacial score (nSPS) is 11.1. The molecule has 0 atom stereocenters. The molecule has 0 bridgehead atoms. The summed E-state index contributed by atoms with van der Waals surface area (Å²) in [6.45, 7) is 2.13.